The maximum Gasteiger partial charge on any atom is 0.498 e. The minimum absolute atomic E-state index is 0.168. The first kappa shape index (κ1) is 45.4. The molecule has 0 radical (unpaired) electrons. The van der Waals surface area contributed by atoms with E-state index in [-0.39, 0.29) is 23.3 Å². The van der Waals surface area contributed by atoms with Gasteiger partial charge in [0.15, 0.2) is 0 Å². The Bertz CT molecular complexity index is 2410. The third-order valence-corrected chi connectivity index (χ3v) is 11.9. The van der Waals surface area contributed by atoms with Crippen molar-refractivity contribution in [3.05, 3.63) is 156 Å². The van der Waals surface area contributed by atoms with Crippen molar-refractivity contribution in [2.75, 3.05) is 14.2 Å². The third kappa shape index (κ3) is 10.4. The average Bonchev–Trinajstić information content (AvgIpc) is 3.40. The Hall–Kier alpha value is -3.69. The Kier molecular flexibility index (Phi) is 15.0. The maximum atomic E-state index is 14.3. The first-order chi connectivity index (χ1) is 27.4. The van der Waals surface area contributed by atoms with Crippen molar-refractivity contribution in [1.82, 2.24) is 0 Å². The lowest BCUT2D eigenvalue weighted by Gasteiger charge is -2.32. The molecule has 0 unspecified atom stereocenters. The van der Waals surface area contributed by atoms with Crippen molar-refractivity contribution >= 4 is 67.0 Å². The molecule has 0 bridgehead atoms. The molecule has 6 aromatic carbocycles. The molecule has 1 fully saturated rings. The van der Waals surface area contributed by atoms with E-state index in [1.165, 1.54) is 31.4 Å². The summed E-state index contributed by atoms with van der Waals surface area (Å²) in [5.41, 5.74) is 5.20. The Morgan fingerprint density at radius 3 is 1.45 bits per heavy atom. The van der Waals surface area contributed by atoms with Crippen molar-refractivity contribution in [2.45, 2.75) is 52.7 Å². The monoisotopic (exact) mass is 1030 g/mol. The number of benzene rings is 6. The standard InChI is InChI=1S/C20H24BFO3.C20H15BrF2O.C6H3BrFI/c1-13-11-18(23-6)16(21-24-19(2,3)20(4,5)25-21)12-15(13)14-9-7-8-10-17(14)22;1-12-9-20(24-2)17(16-10-13(21)7-8-19(16)23)11-15(12)14-5-3-4-6-18(14)22;7-4-1-2-5(8)6(9)3-4/h7-12H,1-6H3;3-11H,1-2H3;1-3H. The molecule has 302 valence electrons. The molecule has 0 amide bonds. The second-order valence-electron chi connectivity index (χ2n) is 14.5. The smallest absolute Gasteiger partial charge is 0.497 e. The molecule has 0 spiro atoms. The van der Waals surface area contributed by atoms with Crippen molar-refractivity contribution in [3.8, 4) is 44.9 Å². The van der Waals surface area contributed by atoms with E-state index < -0.39 is 18.3 Å². The van der Waals surface area contributed by atoms with Gasteiger partial charge >= 0.3 is 7.12 Å². The first-order valence-corrected chi connectivity index (χ1v) is 20.8. The van der Waals surface area contributed by atoms with E-state index in [1.807, 2.05) is 82.3 Å². The van der Waals surface area contributed by atoms with Crippen LogP contribution in [0.25, 0.3) is 33.4 Å². The highest BCUT2D eigenvalue weighted by Crippen LogP contribution is 2.40. The van der Waals surface area contributed by atoms with Gasteiger partial charge in [-0.1, -0.05) is 74.3 Å². The zero-order chi connectivity index (χ0) is 42.5. The van der Waals surface area contributed by atoms with Gasteiger partial charge in [-0.15, -0.1) is 0 Å². The summed E-state index contributed by atoms with van der Waals surface area (Å²) in [5, 5.41) is 0. The summed E-state index contributed by atoms with van der Waals surface area (Å²) in [4.78, 5) is 0. The lowest BCUT2D eigenvalue weighted by atomic mass is 9.76. The molecule has 12 heteroatoms. The van der Waals surface area contributed by atoms with E-state index in [4.69, 9.17) is 18.8 Å². The van der Waals surface area contributed by atoms with Crippen LogP contribution in [0.5, 0.6) is 11.5 Å². The van der Waals surface area contributed by atoms with E-state index in [0.717, 1.165) is 31.1 Å². The molecule has 1 saturated heterocycles. The quantitative estimate of drug-likeness (QED) is 0.0721. The highest BCUT2D eigenvalue weighted by molar-refractivity contribution is 14.1. The molecule has 0 N–H and O–H groups in total. The van der Waals surface area contributed by atoms with Gasteiger partial charge in [0.05, 0.1) is 25.4 Å². The number of rotatable bonds is 6. The molecule has 7 rings (SSSR count). The molecule has 0 aliphatic carbocycles. The fourth-order valence-electron chi connectivity index (χ4n) is 6.20. The van der Waals surface area contributed by atoms with Crippen molar-refractivity contribution in [3.63, 3.8) is 0 Å². The molecule has 1 aliphatic heterocycles. The van der Waals surface area contributed by atoms with Crippen LogP contribution in [0.4, 0.5) is 17.6 Å². The normalized spacial score (nSPS) is 13.9. The van der Waals surface area contributed by atoms with Gasteiger partial charge in [-0.2, -0.15) is 0 Å². The van der Waals surface area contributed by atoms with Gasteiger partial charge in [0.1, 0.15) is 34.8 Å². The van der Waals surface area contributed by atoms with Crippen LogP contribution in [0.1, 0.15) is 38.8 Å². The topological polar surface area (TPSA) is 36.9 Å². The summed E-state index contributed by atoms with van der Waals surface area (Å²) in [5.74, 6) is 0.126. The lowest BCUT2D eigenvalue weighted by molar-refractivity contribution is 0.00578. The van der Waals surface area contributed by atoms with Gasteiger partial charge in [0.2, 0.25) is 0 Å². The van der Waals surface area contributed by atoms with Crippen LogP contribution in [0.15, 0.2) is 118 Å². The molecule has 0 aromatic heterocycles. The van der Waals surface area contributed by atoms with Gasteiger partial charge in [-0.3, -0.25) is 0 Å². The molecule has 4 nitrogen and oxygen atoms in total. The van der Waals surface area contributed by atoms with Crippen LogP contribution < -0.4 is 14.9 Å². The van der Waals surface area contributed by atoms with Crippen molar-refractivity contribution in [1.29, 1.82) is 0 Å². The average molecular weight is 1030 g/mol. The fourth-order valence-corrected chi connectivity index (χ4v) is 7.87. The number of methoxy groups -OCH3 is 2. The number of halogens is 7. The summed E-state index contributed by atoms with van der Waals surface area (Å²) in [6.07, 6.45) is 0. The van der Waals surface area contributed by atoms with E-state index >= 15 is 0 Å². The summed E-state index contributed by atoms with van der Waals surface area (Å²) in [6, 6.07) is 30.3. The Morgan fingerprint density at radius 2 is 0.966 bits per heavy atom. The van der Waals surface area contributed by atoms with Crippen molar-refractivity contribution in [2.24, 2.45) is 0 Å². The van der Waals surface area contributed by atoms with Gasteiger partial charge in [-0.05, 0) is 153 Å². The van der Waals surface area contributed by atoms with Gasteiger partial charge in [-0.25, -0.2) is 17.6 Å². The highest BCUT2D eigenvalue weighted by atomic mass is 127. The molecule has 6 aromatic rings. The van der Waals surface area contributed by atoms with E-state index in [2.05, 4.69) is 31.9 Å². The van der Waals surface area contributed by atoms with Crippen LogP contribution in [0, 0.1) is 40.7 Å². The van der Waals surface area contributed by atoms with E-state index in [9.17, 15) is 17.6 Å². The number of aryl methyl sites for hydroxylation is 2. The minimum atomic E-state index is -0.564. The van der Waals surface area contributed by atoms with Crippen LogP contribution in [0.3, 0.4) is 0 Å². The second-order valence-corrected chi connectivity index (χ2v) is 17.5. The highest BCUT2D eigenvalue weighted by Gasteiger charge is 2.52. The summed E-state index contributed by atoms with van der Waals surface area (Å²) < 4.78 is 80.9. The van der Waals surface area contributed by atoms with Crippen LogP contribution >= 0.6 is 54.5 Å². The molecule has 58 heavy (non-hydrogen) atoms. The van der Waals surface area contributed by atoms with Crippen LogP contribution in [-0.2, 0) is 9.31 Å². The van der Waals surface area contributed by atoms with E-state index in [1.54, 1.807) is 73.8 Å². The van der Waals surface area contributed by atoms with Crippen molar-refractivity contribution < 1.29 is 36.3 Å². The molecular formula is C46H42BBr2F4IO4. The molecular weight excluding hydrogens is 990 g/mol. The van der Waals surface area contributed by atoms with Gasteiger partial charge in [0.25, 0.3) is 0 Å². The predicted octanol–water partition coefficient (Wildman–Crippen LogP) is 13.7. The zero-order valence-electron chi connectivity index (χ0n) is 33.2. The van der Waals surface area contributed by atoms with E-state index in [0.29, 0.717) is 42.9 Å². The SMILES string of the molecule is COc1cc(C)c(-c2ccccc2F)cc1-c1cc(Br)ccc1F.COc1cc(C)c(-c2ccccc2F)cc1B1OC(C)(C)C(C)(C)O1.Fc1ccc(Br)cc1I. The number of hydrogen-bond donors (Lipinski definition) is 0. The summed E-state index contributed by atoms with van der Waals surface area (Å²) in [6.45, 7) is 11.8. The largest absolute Gasteiger partial charge is 0.498 e. The minimum Gasteiger partial charge on any atom is -0.497 e. The molecule has 1 heterocycles. The Balaban J connectivity index is 0.000000183. The molecule has 0 saturated carbocycles. The lowest BCUT2D eigenvalue weighted by Crippen LogP contribution is -2.41. The Morgan fingerprint density at radius 1 is 0.517 bits per heavy atom. The number of hydrogen-bond acceptors (Lipinski definition) is 4. The molecule has 1 aliphatic rings. The zero-order valence-corrected chi connectivity index (χ0v) is 38.6. The van der Waals surface area contributed by atoms with Crippen LogP contribution in [0.2, 0.25) is 0 Å². The van der Waals surface area contributed by atoms with Gasteiger partial charge in [0, 0.05) is 40.2 Å². The van der Waals surface area contributed by atoms with Gasteiger partial charge < -0.3 is 18.8 Å². The third-order valence-electron chi connectivity index (χ3n) is 10.1. The fraction of sp³-hybridized carbons (Fsp3) is 0.217. The molecule has 0 atom stereocenters. The maximum absolute atomic E-state index is 14.3. The predicted molar refractivity (Wildman–Crippen MR) is 242 cm³/mol. The Labute approximate surface area is 368 Å². The summed E-state index contributed by atoms with van der Waals surface area (Å²) >= 11 is 8.53. The second kappa shape index (κ2) is 19.1. The first-order valence-electron chi connectivity index (χ1n) is 18.2. The number of ether oxygens (including phenoxy) is 2. The van der Waals surface area contributed by atoms with Crippen LogP contribution in [-0.4, -0.2) is 32.5 Å². The summed E-state index contributed by atoms with van der Waals surface area (Å²) in [7, 11) is 2.59.